The molecule has 2 aromatic heterocycles. The van der Waals surface area contributed by atoms with E-state index in [0.29, 0.717) is 4.77 Å². The number of H-pyrrole nitrogens is 1. The highest BCUT2D eigenvalue weighted by atomic mass is 32.1. The molecule has 4 nitrogen and oxygen atoms in total. The van der Waals surface area contributed by atoms with Gasteiger partial charge < -0.3 is 4.57 Å². The number of nitrogens with zero attached hydrogens (tertiary/aromatic N) is 3. The lowest BCUT2D eigenvalue weighted by molar-refractivity contribution is 0.852. The summed E-state index contributed by atoms with van der Waals surface area (Å²) >= 11 is 6.91. The molecule has 0 radical (unpaired) electrons. The average molecular weight is 282 g/mol. The van der Waals surface area contributed by atoms with Crippen LogP contribution in [0.1, 0.15) is 37.4 Å². The first-order chi connectivity index (χ1) is 8.67. The second-order valence-corrected chi connectivity index (χ2v) is 5.77. The fourth-order valence-electron chi connectivity index (χ4n) is 1.85. The minimum Gasteiger partial charge on any atom is -0.303 e. The molecule has 0 saturated heterocycles. The molecule has 0 fully saturated rings. The molecule has 0 saturated carbocycles. The highest BCUT2D eigenvalue weighted by molar-refractivity contribution is 7.71. The fourth-order valence-corrected chi connectivity index (χ4v) is 3.22. The van der Waals surface area contributed by atoms with Gasteiger partial charge in [0.2, 0.25) is 0 Å². The largest absolute Gasteiger partial charge is 0.303 e. The molecule has 2 aromatic rings. The molecule has 2 heterocycles. The van der Waals surface area contributed by atoms with Gasteiger partial charge in [0, 0.05) is 7.05 Å². The summed E-state index contributed by atoms with van der Waals surface area (Å²) < 4.78 is 2.57. The van der Waals surface area contributed by atoms with Crippen LogP contribution in [0.5, 0.6) is 0 Å². The molecule has 0 amide bonds. The maximum atomic E-state index is 5.17. The van der Waals surface area contributed by atoms with Crippen LogP contribution < -0.4 is 0 Å². The van der Waals surface area contributed by atoms with Gasteiger partial charge in [0.15, 0.2) is 10.6 Å². The van der Waals surface area contributed by atoms with E-state index in [-0.39, 0.29) is 0 Å². The maximum Gasteiger partial charge on any atom is 0.195 e. The Hall–Kier alpha value is -1.01. The smallest absolute Gasteiger partial charge is 0.195 e. The van der Waals surface area contributed by atoms with Crippen molar-refractivity contribution in [1.82, 2.24) is 19.7 Å². The van der Waals surface area contributed by atoms with E-state index in [1.54, 1.807) is 11.3 Å². The van der Waals surface area contributed by atoms with Gasteiger partial charge in [-0.25, -0.2) is 4.98 Å². The molecular weight excluding hydrogens is 264 g/mol. The highest BCUT2D eigenvalue weighted by Crippen LogP contribution is 2.30. The standard InChI is InChI=1S/C12H18N4S2/c1-4-6-8-10(18-9(13-8)7-5-2)11-14-15-12(17)16(11)3/h4-7H2,1-3H3,(H,15,17). The molecule has 0 bridgehead atoms. The van der Waals surface area contributed by atoms with E-state index in [1.165, 1.54) is 5.01 Å². The topological polar surface area (TPSA) is 46.5 Å². The lowest BCUT2D eigenvalue weighted by atomic mass is 10.2. The van der Waals surface area contributed by atoms with Crippen LogP contribution in [-0.2, 0) is 19.9 Å². The van der Waals surface area contributed by atoms with Gasteiger partial charge in [-0.1, -0.05) is 20.3 Å². The van der Waals surface area contributed by atoms with Gasteiger partial charge in [0.25, 0.3) is 0 Å². The van der Waals surface area contributed by atoms with Crippen molar-refractivity contribution >= 4 is 23.6 Å². The van der Waals surface area contributed by atoms with Crippen LogP contribution in [0.2, 0.25) is 0 Å². The van der Waals surface area contributed by atoms with Crippen molar-refractivity contribution in [3.05, 3.63) is 15.5 Å². The summed E-state index contributed by atoms with van der Waals surface area (Å²) in [7, 11) is 1.94. The predicted molar refractivity (Wildman–Crippen MR) is 77.5 cm³/mol. The number of rotatable bonds is 5. The molecule has 0 aliphatic carbocycles. The fraction of sp³-hybridized carbons (Fsp3) is 0.583. The van der Waals surface area contributed by atoms with E-state index < -0.39 is 0 Å². The van der Waals surface area contributed by atoms with Crippen molar-refractivity contribution < 1.29 is 0 Å². The molecule has 0 aliphatic rings. The summed E-state index contributed by atoms with van der Waals surface area (Å²) in [6.07, 6.45) is 4.25. The third-order valence-electron chi connectivity index (χ3n) is 2.78. The summed E-state index contributed by atoms with van der Waals surface area (Å²) in [5.41, 5.74) is 1.16. The molecule has 0 aromatic carbocycles. The SMILES string of the molecule is CCCc1nc(CCC)c(-c2n[nH]c(=S)n2C)s1. The van der Waals surface area contributed by atoms with Gasteiger partial charge >= 0.3 is 0 Å². The Bertz CT molecular complexity index is 579. The van der Waals surface area contributed by atoms with Gasteiger partial charge in [-0.05, 0) is 31.5 Å². The summed E-state index contributed by atoms with van der Waals surface area (Å²) in [5, 5.41) is 8.36. The van der Waals surface area contributed by atoms with E-state index in [4.69, 9.17) is 17.2 Å². The third kappa shape index (κ3) is 2.54. The second kappa shape index (κ2) is 5.75. The molecule has 0 atom stereocenters. The van der Waals surface area contributed by atoms with Crippen molar-refractivity contribution in [3.8, 4) is 10.7 Å². The van der Waals surface area contributed by atoms with Crippen LogP contribution in [0.15, 0.2) is 0 Å². The van der Waals surface area contributed by atoms with Gasteiger partial charge in [0.1, 0.15) is 0 Å². The summed E-state index contributed by atoms with van der Waals surface area (Å²) in [4.78, 5) is 5.90. The number of aryl methyl sites for hydroxylation is 2. The van der Waals surface area contributed by atoms with Crippen molar-refractivity contribution in [2.45, 2.75) is 39.5 Å². The number of hydrogen-bond donors (Lipinski definition) is 1. The van der Waals surface area contributed by atoms with Crippen LogP contribution in [-0.4, -0.2) is 19.7 Å². The molecular formula is C12H18N4S2. The number of aromatic amines is 1. The quantitative estimate of drug-likeness (QED) is 0.854. The molecule has 0 unspecified atom stereocenters. The van der Waals surface area contributed by atoms with E-state index in [2.05, 4.69) is 24.0 Å². The molecule has 0 spiro atoms. The van der Waals surface area contributed by atoms with Gasteiger partial charge in [-0.2, -0.15) is 5.10 Å². The van der Waals surface area contributed by atoms with Crippen LogP contribution in [0.3, 0.4) is 0 Å². The number of nitrogens with one attached hydrogen (secondary N) is 1. The van der Waals surface area contributed by atoms with E-state index in [1.807, 2.05) is 11.6 Å². The highest BCUT2D eigenvalue weighted by Gasteiger charge is 2.16. The van der Waals surface area contributed by atoms with Crippen molar-refractivity contribution in [2.75, 3.05) is 0 Å². The molecule has 6 heteroatoms. The minimum atomic E-state index is 0.651. The Kier molecular flexibility index (Phi) is 4.29. The van der Waals surface area contributed by atoms with Gasteiger partial charge in [-0.15, -0.1) is 11.3 Å². The predicted octanol–water partition coefficient (Wildman–Crippen LogP) is 3.51. The van der Waals surface area contributed by atoms with E-state index in [9.17, 15) is 0 Å². The molecule has 98 valence electrons. The van der Waals surface area contributed by atoms with Gasteiger partial charge in [0.05, 0.1) is 15.6 Å². The third-order valence-corrected chi connectivity index (χ3v) is 4.29. The lowest BCUT2D eigenvalue weighted by Gasteiger charge is -1.99. The first kappa shape index (κ1) is 13.4. The monoisotopic (exact) mass is 282 g/mol. The van der Waals surface area contributed by atoms with Crippen LogP contribution in [0.25, 0.3) is 10.7 Å². The molecule has 2 rings (SSSR count). The Morgan fingerprint density at radius 1 is 1.28 bits per heavy atom. The van der Waals surface area contributed by atoms with Crippen molar-refractivity contribution in [2.24, 2.45) is 7.05 Å². The molecule has 18 heavy (non-hydrogen) atoms. The van der Waals surface area contributed by atoms with Crippen LogP contribution >= 0.6 is 23.6 Å². The zero-order chi connectivity index (χ0) is 13.1. The van der Waals surface area contributed by atoms with Crippen molar-refractivity contribution in [3.63, 3.8) is 0 Å². The Labute approximate surface area is 116 Å². The number of aromatic nitrogens is 4. The Balaban J connectivity index is 2.47. The molecule has 1 N–H and O–H groups in total. The van der Waals surface area contributed by atoms with Crippen LogP contribution in [0, 0.1) is 4.77 Å². The first-order valence-electron chi connectivity index (χ1n) is 6.27. The second-order valence-electron chi connectivity index (χ2n) is 4.29. The van der Waals surface area contributed by atoms with E-state index in [0.717, 1.165) is 42.1 Å². The maximum absolute atomic E-state index is 5.17. The molecule has 0 aliphatic heterocycles. The zero-order valence-electron chi connectivity index (χ0n) is 11.0. The van der Waals surface area contributed by atoms with Gasteiger partial charge in [-0.3, -0.25) is 5.10 Å². The van der Waals surface area contributed by atoms with Crippen molar-refractivity contribution in [1.29, 1.82) is 0 Å². The Morgan fingerprint density at radius 3 is 2.56 bits per heavy atom. The summed E-state index contributed by atoms with van der Waals surface area (Å²) in [6, 6.07) is 0. The Morgan fingerprint density at radius 2 is 2.00 bits per heavy atom. The normalized spacial score (nSPS) is 11.1. The van der Waals surface area contributed by atoms with Crippen LogP contribution in [0.4, 0.5) is 0 Å². The zero-order valence-corrected chi connectivity index (χ0v) is 12.6. The average Bonchev–Trinajstić information content (AvgIpc) is 2.86. The lowest BCUT2D eigenvalue weighted by Crippen LogP contribution is -1.94. The first-order valence-corrected chi connectivity index (χ1v) is 7.50. The minimum absolute atomic E-state index is 0.651. The summed E-state index contributed by atoms with van der Waals surface area (Å²) in [5.74, 6) is 0.906. The summed E-state index contributed by atoms with van der Waals surface area (Å²) in [6.45, 7) is 4.35. The number of thiazole rings is 1. The number of hydrogen-bond acceptors (Lipinski definition) is 4. The van der Waals surface area contributed by atoms with E-state index >= 15 is 0 Å².